The normalized spacial score (nSPS) is 11.9. The molecule has 0 aliphatic rings. The summed E-state index contributed by atoms with van der Waals surface area (Å²) < 4.78 is 14.8. The van der Waals surface area contributed by atoms with Crippen molar-refractivity contribution in [2.45, 2.75) is 20.4 Å². The Balaban J connectivity index is 1.96. The number of thiazole rings is 1. The highest BCUT2D eigenvalue weighted by Crippen LogP contribution is 2.22. The summed E-state index contributed by atoms with van der Waals surface area (Å²) in [6, 6.07) is 7.90. The lowest BCUT2D eigenvalue weighted by Gasteiger charge is -2.22. The molecule has 0 fully saturated rings. The molecule has 7 heteroatoms. The Kier molecular flexibility index (Phi) is 5.81. The number of benzene rings is 1. The number of fused-ring (bicyclic) bond motifs is 1. The molecule has 3 rings (SSSR count). The van der Waals surface area contributed by atoms with Gasteiger partial charge in [0.2, 0.25) is 0 Å². The highest BCUT2D eigenvalue weighted by atomic mass is 32.1. The van der Waals surface area contributed by atoms with Crippen molar-refractivity contribution in [2.24, 2.45) is 4.99 Å². The van der Waals surface area contributed by atoms with E-state index < -0.39 is 0 Å². The number of hydrogen-bond donors (Lipinski definition) is 0. The van der Waals surface area contributed by atoms with Crippen molar-refractivity contribution < 1.29 is 4.39 Å². The highest BCUT2D eigenvalue weighted by molar-refractivity contribution is 7.17. The van der Waals surface area contributed by atoms with Crippen LogP contribution in [0.3, 0.4) is 0 Å². The lowest BCUT2D eigenvalue weighted by atomic mass is 10.2. The topological polar surface area (TPSA) is 50.0 Å². The van der Waals surface area contributed by atoms with Crippen LogP contribution < -0.4 is 10.5 Å². The molecule has 0 spiro atoms. The molecule has 0 aliphatic heterocycles. The standard InChI is InChI=1S/C20H21FN4OS/c1-4-24(17-9-7-15(21)8-10-17)13-16-12-19(26)25-18(6-5-11-22-3)14(2)27-20(25)23-16/h5-12H,4,13H2,1-3H3/b6-5-,22-11-. The summed E-state index contributed by atoms with van der Waals surface area (Å²) in [6.45, 7) is 5.19. The summed E-state index contributed by atoms with van der Waals surface area (Å²) in [5.74, 6) is -0.268. The lowest BCUT2D eigenvalue weighted by Crippen LogP contribution is -2.24. The van der Waals surface area contributed by atoms with Gasteiger partial charge in [0.1, 0.15) is 5.82 Å². The van der Waals surface area contributed by atoms with Gasteiger partial charge in [-0.15, -0.1) is 11.3 Å². The first-order chi connectivity index (χ1) is 13.0. The van der Waals surface area contributed by atoms with Crippen LogP contribution in [0.4, 0.5) is 10.1 Å². The van der Waals surface area contributed by atoms with Crippen LogP contribution >= 0.6 is 11.3 Å². The molecule has 0 amide bonds. The number of allylic oxidation sites excluding steroid dienone is 1. The van der Waals surface area contributed by atoms with Gasteiger partial charge in [-0.05, 0) is 50.3 Å². The van der Waals surface area contributed by atoms with Crippen molar-refractivity contribution in [3.8, 4) is 0 Å². The molecule has 0 aliphatic carbocycles. The van der Waals surface area contributed by atoms with Crippen LogP contribution in [0.5, 0.6) is 0 Å². The first-order valence-electron chi connectivity index (χ1n) is 8.65. The number of rotatable bonds is 6. The third-order valence-corrected chi connectivity index (χ3v) is 5.17. The van der Waals surface area contributed by atoms with Crippen LogP contribution in [-0.2, 0) is 6.54 Å². The molecule has 0 atom stereocenters. The third-order valence-electron chi connectivity index (χ3n) is 4.20. The van der Waals surface area contributed by atoms with Gasteiger partial charge in [-0.25, -0.2) is 9.37 Å². The fourth-order valence-corrected chi connectivity index (χ4v) is 3.85. The first kappa shape index (κ1) is 19.0. The molecule has 0 radical (unpaired) electrons. The third kappa shape index (κ3) is 4.14. The minimum absolute atomic E-state index is 0.109. The van der Waals surface area contributed by atoms with E-state index in [1.54, 1.807) is 35.9 Å². The van der Waals surface area contributed by atoms with E-state index in [-0.39, 0.29) is 11.4 Å². The molecule has 27 heavy (non-hydrogen) atoms. The minimum atomic E-state index is -0.268. The van der Waals surface area contributed by atoms with Gasteiger partial charge in [-0.3, -0.25) is 14.2 Å². The van der Waals surface area contributed by atoms with E-state index in [4.69, 9.17) is 0 Å². The van der Waals surface area contributed by atoms with E-state index in [9.17, 15) is 9.18 Å². The average molecular weight is 384 g/mol. The quantitative estimate of drug-likeness (QED) is 0.605. The van der Waals surface area contributed by atoms with Crippen molar-refractivity contribution in [3.05, 3.63) is 68.8 Å². The van der Waals surface area contributed by atoms with E-state index in [1.165, 1.54) is 23.5 Å². The van der Waals surface area contributed by atoms with E-state index in [0.717, 1.165) is 22.8 Å². The van der Waals surface area contributed by atoms with E-state index >= 15 is 0 Å². The van der Waals surface area contributed by atoms with E-state index in [1.807, 2.05) is 26.0 Å². The van der Waals surface area contributed by atoms with Crippen LogP contribution in [0.2, 0.25) is 0 Å². The second-order valence-electron chi connectivity index (χ2n) is 6.00. The molecule has 5 nitrogen and oxygen atoms in total. The molecule has 0 saturated carbocycles. The predicted octanol–water partition coefficient (Wildman–Crippen LogP) is 3.94. The molecule has 0 bridgehead atoms. The minimum Gasteiger partial charge on any atom is -0.366 e. The Morgan fingerprint density at radius 1 is 1.33 bits per heavy atom. The molecule has 2 aromatic heterocycles. The Morgan fingerprint density at radius 3 is 2.74 bits per heavy atom. The molecule has 3 aromatic rings. The van der Waals surface area contributed by atoms with Crippen molar-refractivity contribution in [1.29, 1.82) is 0 Å². The zero-order valence-electron chi connectivity index (χ0n) is 15.5. The Bertz CT molecular complexity index is 1050. The number of anilines is 1. The van der Waals surface area contributed by atoms with Crippen LogP contribution in [0, 0.1) is 12.7 Å². The van der Waals surface area contributed by atoms with Gasteiger partial charge in [0.15, 0.2) is 4.96 Å². The number of aryl methyl sites for hydroxylation is 1. The SMILES string of the molecule is CCN(Cc1cc(=O)n2c(/C=C\C=N/C)c(C)sc2n1)c1ccc(F)cc1. The summed E-state index contributed by atoms with van der Waals surface area (Å²) in [5, 5.41) is 0. The molecule has 2 heterocycles. The monoisotopic (exact) mass is 384 g/mol. The second-order valence-corrected chi connectivity index (χ2v) is 7.19. The fourth-order valence-electron chi connectivity index (χ4n) is 2.87. The zero-order valence-corrected chi connectivity index (χ0v) is 16.3. The Labute approximate surface area is 161 Å². The predicted molar refractivity (Wildman–Crippen MR) is 111 cm³/mol. The fraction of sp³-hybridized carbons (Fsp3) is 0.250. The van der Waals surface area contributed by atoms with Crippen LogP contribution in [0.25, 0.3) is 11.0 Å². The highest BCUT2D eigenvalue weighted by Gasteiger charge is 2.13. The smallest absolute Gasteiger partial charge is 0.259 e. The molecule has 0 saturated heterocycles. The maximum absolute atomic E-state index is 13.2. The summed E-state index contributed by atoms with van der Waals surface area (Å²) >= 11 is 1.49. The molecule has 1 aromatic carbocycles. The van der Waals surface area contributed by atoms with Gasteiger partial charge in [-0.1, -0.05) is 0 Å². The maximum atomic E-state index is 13.2. The molecule has 0 unspecified atom stereocenters. The second kappa shape index (κ2) is 8.26. The van der Waals surface area contributed by atoms with Gasteiger partial charge in [0, 0.05) is 36.4 Å². The number of aliphatic imine (C=N–C) groups is 1. The molecule has 0 N–H and O–H groups in total. The van der Waals surface area contributed by atoms with Crippen molar-refractivity contribution in [1.82, 2.24) is 9.38 Å². The van der Waals surface area contributed by atoms with Gasteiger partial charge in [0.25, 0.3) is 5.56 Å². The van der Waals surface area contributed by atoms with E-state index in [0.29, 0.717) is 17.2 Å². The lowest BCUT2D eigenvalue weighted by molar-refractivity contribution is 0.627. The number of hydrogen-bond acceptors (Lipinski definition) is 5. The van der Waals surface area contributed by atoms with Gasteiger partial charge < -0.3 is 4.90 Å². The Morgan fingerprint density at radius 2 is 2.07 bits per heavy atom. The molecular weight excluding hydrogens is 363 g/mol. The zero-order chi connectivity index (χ0) is 19.4. The maximum Gasteiger partial charge on any atom is 0.259 e. The summed E-state index contributed by atoms with van der Waals surface area (Å²) in [5.41, 5.74) is 2.30. The van der Waals surface area contributed by atoms with Gasteiger partial charge in [0.05, 0.1) is 17.9 Å². The number of halogens is 1. The molecular formula is C20H21FN4OS. The van der Waals surface area contributed by atoms with Crippen molar-refractivity contribution >= 4 is 34.3 Å². The average Bonchev–Trinajstić information content (AvgIpc) is 2.96. The summed E-state index contributed by atoms with van der Waals surface area (Å²) in [7, 11) is 1.70. The molecule has 140 valence electrons. The van der Waals surface area contributed by atoms with Gasteiger partial charge in [-0.2, -0.15) is 0 Å². The van der Waals surface area contributed by atoms with Crippen molar-refractivity contribution in [2.75, 3.05) is 18.5 Å². The summed E-state index contributed by atoms with van der Waals surface area (Å²) in [4.78, 5) is 25.0. The van der Waals surface area contributed by atoms with Gasteiger partial charge >= 0.3 is 0 Å². The van der Waals surface area contributed by atoms with Crippen molar-refractivity contribution in [3.63, 3.8) is 0 Å². The number of nitrogens with zero attached hydrogens (tertiary/aromatic N) is 4. The number of aromatic nitrogens is 2. The van der Waals surface area contributed by atoms with Crippen LogP contribution in [0.15, 0.2) is 46.2 Å². The first-order valence-corrected chi connectivity index (χ1v) is 9.46. The van der Waals surface area contributed by atoms with Crippen LogP contribution in [-0.4, -0.2) is 29.2 Å². The largest absolute Gasteiger partial charge is 0.366 e. The van der Waals surface area contributed by atoms with Crippen LogP contribution in [0.1, 0.15) is 23.2 Å². The Hall–Kier alpha value is -2.80. The summed E-state index contributed by atoms with van der Waals surface area (Å²) in [6.07, 6.45) is 5.35. The van der Waals surface area contributed by atoms with E-state index in [2.05, 4.69) is 14.9 Å².